The van der Waals surface area contributed by atoms with Crippen molar-refractivity contribution < 1.29 is 0 Å². The lowest BCUT2D eigenvalue weighted by atomic mass is 10.0. The highest BCUT2D eigenvalue weighted by Gasteiger charge is 2.17. The molecule has 2 nitrogen and oxygen atoms in total. The van der Waals surface area contributed by atoms with Crippen LogP contribution < -0.4 is 5.32 Å². The lowest BCUT2D eigenvalue weighted by molar-refractivity contribution is 0.220. The maximum Gasteiger partial charge on any atom is 0.0303 e. The molecule has 0 saturated heterocycles. The van der Waals surface area contributed by atoms with Crippen molar-refractivity contribution in [2.24, 2.45) is 5.92 Å². The van der Waals surface area contributed by atoms with Gasteiger partial charge in [-0.3, -0.25) is 0 Å². The quantitative estimate of drug-likeness (QED) is 0.862. The van der Waals surface area contributed by atoms with Gasteiger partial charge in [-0.25, -0.2) is 0 Å². The van der Waals surface area contributed by atoms with Gasteiger partial charge in [0.25, 0.3) is 0 Å². The molecular formula is C15H25BrN2. The van der Waals surface area contributed by atoms with Gasteiger partial charge in [0, 0.05) is 23.1 Å². The highest BCUT2D eigenvalue weighted by Crippen LogP contribution is 2.22. The Morgan fingerprint density at radius 3 is 2.28 bits per heavy atom. The molecule has 0 saturated carbocycles. The van der Waals surface area contributed by atoms with Crippen LogP contribution >= 0.6 is 15.9 Å². The van der Waals surface area contributed by atoms with Gasteiger partial charge >= 0.3 is 0 Å². The van der Waals surface area contributed by atoms with Crippen molar-refractivity contribution in [3.63, 3.8) is 0 Å². The molecule has 1 N–H and O–H groups in total. The van der Waals surface area contributed by atoms with Gasteiger partial charge in [-0.05, 0) is 38.6 Å². The van der Waals surface area contributed by atoms with Crippen molar-refractivity contribution in [2.45, 2.75) is 32.9 Å². The normalized spacial score (nSPS) is 15.1. The predicted molar refractivity (Wildman–Crippen MR) is 82.9 cm³/mol. The molecule has 0 fully saturated rings. The number of benzene rings is 1. The summed E-state index contributed by atoms with van der Waals surface area (Å²) in [5, 5.41) is 3.63. The standard InChI is InChI=1S/C15H25BrN2/c1-11(2)15(18(4)5)10-17-12(3)13-8-6-7-9-14(13)16/h6-9,11-12,15,17H,10H2,1-5H3. The summed E-state index contributed by atoms with van der Waals surface area (Å²) in [7, 11) is 4.30. The molecule has 0 amide bonds. The Morgan fingerprint density at radius 1 is 1.17 bits per heavy atom. The van der Waals surface area contributed by atoms with Crippen molar-refractivity contribution in [3.8, 4) is 0 Å². The van der Waals surface area contributed by atoms with E-state index in [1.807, 2.05) is 0 Å². The minimum atomic E-state index is 0.363. The van der Waals surface area contributed by atoms with Crippen LogP contribution in [0.15, 0.2) is 28.7 Å². The molecule has 1 aromatic rings. The molecule has 3 heteroatoms. The van der Waals surface area contributed by atoms with Gasteiger partial charge in [-0.2, -0.15) is 0 Å². The lowest BCUT2D eigenvalue weighted by Crippen LogP contribution is -2.42. The molecule has 102 valence electrons. The molecule has 0 bridgehead atoms. The maximum absolute atomic E-state index is 3.63. The van der Waals surface area contributed by atoms with E-state index in [4.69, 9.17) is 0 Å². The summed E-state index contributed by atoms with van der Waals surface area (Å²) in [6.07, 6.45) is 0. The largest absolute Gasteiger partial charge is 0.309 e. The Kier molecular flexibility index (Phi) is 6.33. The molecule has 0 spiro atoms. The summed E-state index contributed by atoms with van der Waals surface area (Å²) < 4.78 is 1.18. The molecule has 0 aliphatic carbocycles. The van der Waals surface area contributed by atoms with E-state index in [2.05, 4.69) is 85.3 Å². The summed E-state index contributed by atoms with van der Waals surface area (Å²) >= 11 is 3.61. The zero-order valence-corrected chi connectivity index (χ0v) is 13.7. The van der Waals surface area contributed by atoms with Crippen LogP contribution in [-0.4, -0.2) is 31.6 Å². The Hall–Kier alpha value is -0.380. The van der Waals surface area contributed by atoms with E-state index in [9.17, 15) is 0 Å². The molecule has 1 aromatic carbocycles. The second kappa shape index (κ2) is 7.27. The number of rotatable bonds is 6. The summed E-state index contributed by atoms with van der Waals surface area (Å²) in [6, 6.07) is 9.33. The van der Waals surface area contributed by atoms with E-state index < -0.39 is 0 Å². The van der Waals surface area contributed by atoms with E-state index in [0.29, 0.717) is 18.0 Å². The Balaban J connectivity index is 2.60. The van der Waals surface area contributed by atoms with E-state index in [1.165, 1.54) is 10.0 Å². The number of likely N-dealkylation sites (N-methyl/N-ethyl adjacent to an activating group) is 1. The summed E-state index contributed by atoms with van der Waals surface area (Å²) in [6.45, 7) is 7.77. The van der Waals surface area contributed by atoms with Gasteiger partial charge in [0.2, 0.25) is 0 Å². The second-order valence-electron chi connectivity index (χ2n) is 5.43. The fourth-order valence-electron chi connectivity index (χ4n) is 2.25. The van der Waals surface area contributed by atoms with Crippen molar-refractivity contribution in [2.75, 3.05) is 20.6 Å². The second-order valence-corrected chi connectivity index (χ2v) is 6.28. The smallest absolute Gasteiger partial charge is 0.0303 e. The first-order valence-electron chi connectivity index (χ1n) is 6.57. The number of hydrogen-bond acceptors (Lipinski definition) is 2. The minimum absolute atomic E-state index is 0.363. The average Bonchev–Trinajstić information content (AvgIpc) is 2.28. The summed E-state index contributed by atoms with van der Waals surface area (Å²) in [5.41, 5.74) is 1.32. The molecule has 0 aromatic heterocycles. The monoisotopic (exact) mass is 312 g/mol. The first kappa shape index (κ1) is 15.7. The Bertz CT molecular complexity index is 355. The molecule has 0 heterocycles. The van der Waals surface area contributed by atoms with E-state index in [-0.39, 0.29) is 0 Å². The van der Waals surface area contributed by atoms with Crippen molar-refractivity contribution in [1.29, 1.82) is 0 Å². The van der Waals surface area contributed by atoms with Gasteiger partial charge in [0.05, 0.1) is 0 Å². The van der Waals surface area contributed by atoms with Crippen molar-refractivity contribution in [3.05, 3.63) is 34.3 Å². The molecule has 0 aliphatic heterocycles. The zero-order valence-electron chi connectivity index (χ0n) is 12.1. The predicted octanol–water partition coefficient (Wildman–Crippen LogP) is 3.69. The molecule has 2 atom stereocenters. The van der Waals surface area contributed by atoms with Crippen LogP contribution in [0.5, 0.6) is 0 Å². The van der Waals surface area contributed by atoms with Gasteiger partial charge in [-0.15, -0.1) is 0 Å². The third-order valence-corrected chi connectivity index (χ3v) is 4.16. The van der Waals surface area contributed by atoms with Crippen LogP contribution in [0.2, 0.25) is 0 Å². The molecule has 18 heavy (non-hydrogen) atoms. The van der Waals surface area contributed by atoms with Crippen molar-refractivity contribution in [1.82, 2.24) is 10.2 Å². The molecule has 0 aliphatic rings. The zero-order chi connectivity index (χ0) is 13.7. The summed E-state index contributed by atoms with van der Waals surface area (Å²) in [4.78, 5) is 2.30. The SMILES string of the molecule is CC(NCC(C(C)C)N(C)C)c1ccccc1Br. The number of nitrogens with zero attached hydrogens (tertiary/aromatic N) is 1. The van der Waals surface area contributed by atoms with Crippen LogP contribution in [0, 0.1) is 5.92 Å². The van der Waals surface area contributed by atoms with Crippen LogP contribution in [0.25, 0.3) is 0 Å². The minimum Gasteiger partial charge on any atom is -0.309 e. The van der Waals surface area contributed by atoms with Crippen molar-refractivity contribution >= 4 is 15.9 Å². The molecule has 0 radical (unpaired) electrons. The fraction of sp³-hybridized carbons (Fsp3) is 0.600. The Labute approximate surface area is 120 Å². The summed E-state index contributed by atoms with van der Waals surface area (Å²) in [5.74, 6) is 0.652. The number of hydrogen-bond donors (Lipinski definition) is 1. The number of halogens is 1. The van der Waals surface area contributed by atoms with E-state index in [0.717, 1.165) is 6.54 Å². The highest BCUT2D eigenvalue weighted by atomic mass is 79.9. The van der Waals surface area contributed by atoms with Crippen LogP contribution in [0.1, 0.15) is 32.4 Å². The average molecular weight is 313 g/mol. The first-order valence-corrected chi connectivity index (χ1v) is 7.37. The molecule has 1 rings (SSSR count). The highest BCUT2D eigenvalue weighted by molar-refractivity contribution is 9.10. The van der Waals surface area contributed by atoms with E-state index >= 15 is 0 Å². The van der Waals surface area contributed by atoms with Gasteiger partial charge in [0.1, 0.15) is 0 Å². The van der Waals surface area contributed by atoms with Gasteiger partial charge < -0.3 is 10.2 Å². The third kappa shape index (κ3) is 4.38. The van der Waals surface area contributed by atoms with Gasteiger partial charge in [0.15, 0.2) is 0 Å². The third-order valence-electron chi connectivity index (χ3n) is 3.44. The topological polar surface area (TPSA) is 15.3 Å². The fourth-order valence-corrected chi connectivity index (χ4v) is 2.88. The van der Waals surface area contributed by atoms with Crippen LogP contribution in [-0.2, 0) is 0 Å². The molecular weight excluding hydrogens is 288 g/mol. The first-order chi connectivity index (χ1) is 8.43. The Morgan fingerprint density at radius 2 is 1.78 bits per heavy atom. The van der Waals surface area contributed by atoms with Crippen LogP contribution in [0.4, 0.5) is 0 Å². The lowest BCUT2D eigenvalue weighted by Gasteiger charge is -2.29. The van der Waals surface area contributed by atoms with Gasteiger partial charge in [-0.1, -0.05) is 48.0 Å². The van der Waals surface area contributed by atoms with E-state index in [1.54, 1.807) is 0 Å². The molecule has 2 unspecified atom stereocenters. The maximum atomic E-state index is 3.63. The van der Waals surface area contributed by atoms with Crippen LogP contribution in [0.3, 0.4) is 0 Å². The number of nitrogens with one attached hydrogen (secondary N) is 1.